The van der Waals surface area contributed by atoms with Crippen molar-refractivity contribution in [1.82, 2.24) is 5.32 Å². The Hall–Kier alpha value is -2.20. The van der Waals surface area contributed by atoms with Crippen molar-refractivity contribution in [2.45, 2.75) is 52.2 Å². The second-order valence-corrected chi connectivity index (χ2v) is 8.34. The molecule has 2 aromatic carbocycles. The summed E-state index contributed by atoms with van der Waals surface area (Å²) in [6, 6.07) is 15.7. The lowest BCUT2D eigenvalue weighted by Gasteiger charge is -2.32. The Labute approximate surface area is 179 Å². The van der Waals surface area contributed by atoms with Gasteiger partial charge in [-0.3, -0.25) is 4.79 Å². The van der Waals surface area contributed by atoms with Gasteiger partial charge in [0.1, 0.15) is 5.75 Å². The van der Waals surface area contributed by atoms with Gasteiger partial charge in [0.25, 0.3) is 5.91 Å². The van der Waals surface area contributed by atoms with Crippen LogP contribution >= 0.6 is 11.6 Å². The molecule has 1 aliphatic rings. The summed E-state index contributed by atoms with van der Waals surface area (Å²) in [7, 11) is 0. The normalized spacial score (nSPS) is 16.9. The van der Waals surface area contributed by atoms with E-state index < -0.39 is 6.10 Å². The Morgan fingerprint density at radius 2 is 1.83 bits per heavy atom. The van der Waals surface area contributed by atoms with Crippen LogP contribution in [-0.2, 0) is 4.79 Å². The number of para-hydroxylation sites is 1. The summed E-state index contributed by atoms with van der Waals surface area (Å²) in [5.74, 6) is 1.22. The van der Waals surface area contributed by atoms with Crippen molar-refractivity contribution in [1.29, 1.82) is 0 Å². The van der Waals surface area contributed by atoms with Gasteiger partial charge < -0.3 is 15.0 Å². The first kappa shape index (κ1) is 21.5. The van der Waals surface area contributed by atoms with E-state index in [4.69, 9.17) is 16.3 Å². The molecule has 156 valence electrons. The van der Waals surface area contributed by atoms with Crippen LogP contribution in [0.4, 0.5) is 5.69 Å². The van der Waals surface area contributed by atoms with Gasteiger partial charge in [-0.2, -0.15) is 0 Å². The zero-order chi connectivity index (χ0) is 20.8. The lowest BCUT2D eigenvalue weighted by molar-refractivity contribution is -0.128. The van der Waals surface area contributed by atoms with Crippen LogP contribution in [0, 0.1) is 5.92 Å². The van der Waals surface area contributed by atoms with Crippen LogP contribution < -0.4 is 15.0 Å². The molecule has 1 saturated heterocycles. The topological polar surface area (TPSA) is 41.6 Å². The molecule has 2 aromatic rings. The molecule has 1 amide bonds. The molecule has 0 spiro atoms. The summed E-state index contributed by atoms with van der Waals surface area (Å²) in [4.78, 5) is 15.2. The van der Waals surface area contributed by atoms with Crippen LogP contribution in [0.3, 0.4) is 0 Å². The van der Waals surface area contributed by atoms with Crippen molar-refractivity contribution in [3.8, 4) is 5.75 Å². The van der Waals surface area contributed by atoms with Crippen molar-refractivity contribution in [3.05, 3.63) is 59.1 Å². The fourth-order valence-electron chi connectivity index (χ4n) is 3.65. The number of ether oxygens (including phenoxy) is 1. The standard InChI is InChI=1S/C24H31ClN2O2/c1-4-22(29-23-8-6-5-7-21(23)25)24(28)26-18(3)19-9-11-20(12-10-19)27-15-13-17(2)14-16-27/h5-12,17-18,22H,4,13-16H2,1-3H3,(H,26,28)/t18-,22+/m0/s1. The highest BCUT2D eigenvalue weighted by Crippen LogP contribution is 2.26. The van der Waals surface area contributed by atoms with E-state index in [1.165, 1.54) is 18.5 Å². The molecule has 0 unspecified atom stereocenters. The third kappa shape index (κ3) is 5.66. The number of carbonyl (C=O) groups excluding carboxylic acids is 1. The third-order valence-corrected chi connectivity index (χ3v) is 5.98. The predicted molar refractivity (Wildman–Crippen MR) is 120 cm³/mol. The minimum atomic E-state index is -0.577. The molecule has 1 heterocycles. The summed E-state index contributed by atoms with van der Waals surface area (Å²) in [6.07, 6.45) is 2.48. The summed E-state index contributed by atoms with van der Waals surface area (Å²) in [5.41, 5.74) is 2.34. The van der Waals surface area contributed by atoms with Gasteiger partial charge in [-0.15, -0.1) is 0 Å². The van der Waals surface area contributed by atoms with Gasteiger partial charge in [0.15, 0.2) is 6.10 Å². The van der Waals surface area contributed by atoms with Gasteiger partial charge in [-0.05, 0) is 61.9 Å². The lowest BCUT2D eigenvalue weighted by Crippen LogP contribution is -2.39. The Morgan fingerprint density at radius 1 is 1.17 bits per heavy atom. The zero-order valence-electron chi connectivity index (χ0n) is 17.5. The number of rotatable bonds is 7. The molecular formula is C24H31ClN2O2. The number of benzene rings is 2. The first-order valence-electron chi connectivity index (χ1n) is 10.5. The van der Waals surface area contributed by atoms with E-state index in [9.17, 15) is 4.79 Å². The Balaban J connectivity index is 1.59. The second-order valence-electron chi connectivity index (χ2n) is 7.94. The Kier molecular flexibility index (Phi) is 7.43. The highest BCUT2D eigenvalue weighted by molar-refractivity contribution is 6.32. The predicted octanol–water partition coefficient (Wildman–Crippen LogP) is 5.61. The summed E-state index contributed by atoms with van der Waals surface area (Å²) in [5, 5.41) is 3.58. The van der Waals surface area contributed by atoms with Gasteiger partial charge in [-0.25, -0.2) is 0 Å². The molecule has 1 aliphatic heterocycles. The molecule has 29 heavy (non-hydrogen) atoms. The van der Waals surface area contributed by atoms with Crippen LogP contribution in [0.5, 0.6) is 5.75 Å². The van der Waals surface area contributed by atoms with E-state index in [0.29, 0.717) is 17.2 Å². The van der Waals surface area contributed by atoms with Gasteiger partial charge in [0.05, 0.1) is 11.1 Å². The average Bonchev–Trinajstić information content (AvgIpc) is 2.73. The van der Waals surface area contributed by atoms with Crippen molar-refractivity contribution in [2.75, 3.05) is 18.0 Å². The number of nitrogens with zero attached hydrogens (tertiary/aromatic N) is 1. The fraction of sp³-hybridized carbons (Fsp3) is 0.458. The van der Waals surface area contributed by atoms with Gasteiger partial charge in [0.2, 0.25) is 0 Å². The molecule has 0 aliphatic carbocycles. The maximum absolute atomic E-state index is 12.7. The smallest absolute Gasteiger partial charge is 0.261 e. The molecule has 0 saturated carbocycles. The van der Waals surface area contributed by atoms with Crippen LogP contribution in [0.1, 0.15) is 51.6 Å². The summed E-state index contributed by atoms with van der Waals surface area (Å²) in [6.45, 7) is 8.48. The average molecular weight is 415 g/mol. The highest BCUT2D eigenvalue weighted by Gasteiger charge is 2.22. The molecular weight excluding hydrogens is 384 g/mol. The molecule has 5 heteroatoms. The molecule has 1 N–H and O–H groups in total. The molecule has 1 fully saturated rings. The maximum atomic E-state index is 12.7. The number of hydrogen-bond donors (Lipinski definition) is 1. The van der Waals surface area contributed by atoms with E-state index in [0.717, 1.165) is 24.6 Å². The lowest BCUT2D eigenvalue weighted by atomic mass is 9.98. The number of nitrogens with one attached hydrogen (secondary N) is 1. The minimum absolute atomic E-state index is 0.0955. The molecule has 0 radical (unpaired) electrons. The van der Waals surface area contributed by atoms with Crippen LogP contribution in [0.15, 0.2) is 48.5 Å². The summed E-state index contributed by atoms with van der Waals surface area (Å²) < 4.78 is 5.85. The quantitative estimate of drug-likeness (QED) is 0.640. The van der Waals surface area contributed by atoms with Crippen molar-refractivity contribution >= 4 is 23.2 Å². The Bertz CT molecular complexity index is 801. The molecule has 2 atom stereocenters. The van der Waals surface area contributed by atoms with E-state index >= 15 is 0 Å². The molecule has 0 aromatic heterocycles. The monoisotopic (exact) mass is 414 g/mol. The first-order chi connectivity index (χ1) is 14.0. The SMILES string of the molecule is CC[C@@H](Oc1ccccc1Cl)C(=O)N[C@@H](C)c1ccc(N2CCC(C)CC2)cc1. The number of piperidine rings is 1. The Morgan fingerprint density at radius 3 is 2.45 bits per heavy atom. The van der Waals surface area contributed by atoms with Gasteiger partial charge >= 0.3 is 0 Å². The van der Waals surface area contributed by atoms with E-state index in [1.807, 2.05) is 26.0 Å². The van der Waals surface area contributed by atoms with Crippen molar-refractivity contribution < 1.29 is 9.53 Å². The van der Waals surface area contributed by atoms with Gasteiger partial charge in [0, 0.05) is 18.8 Å². The van der Waals surface area contributed by atoms with Crippen LogP contribution in [0.2, 0.25) is 5.02 Å². The number of amides is 1. The largest absolute Gasteiger partial charge is 0.479 e. The van der Waals surface area contributed by atoms with E-state index in [-0.39, 0.29) is 11.9 Å². The fourth-order valence-corrected chi connectivity index (χ4v) is 3.83. The van der Waals surface area contributed by atoms with E-state index in [1.54, 1.807) is 12.1 Å². The number of halogens is 1. The highest BCUT2D eigenvalue weighted by atomic mass is 35.5. The maximum Gasteiger partial charge on any atom is 0.261 e. The second kappa shape index (κ2) is 10.0. The first-order valence-corrected chi connectivity index (χ1v) is 10.9. The van der Waals surface area contributed by atoms with Crippen LogP contribution in [0.25, 0.3) is 0 Å². The number of hydrogen-bond acceptors (Lipinski definition) is 3. The zero-order valence-corrected chi connectivity index (χ0v) is 18.3. The number of anilines is 1. The van der Waals surface area contributed by atoms with Crippen molar-refractivity contribution in [2.24, 2.45) is 5.92 Å². The minimum Gasteiger partial charge on any atom is -0.479 e. The third-order valence-electron chi connectivity index (χ3n) is 5.67. The summed E-state index contributed by atoms with van der Waals surface area (Å²) >= 11 is 6.16. The molecule has 4 nitrogen and oxygen atoms in total. The van der Waals surface area contributed by atoms with Gasteiger partial charge in [-0.1, -0.05) is 49.7 Å². The van der Waals surface area contributed by atoms with Crippen LogP contribution in [-0.4, -0.2) is 25.1 Å². The number of carbonyl (C=O) groups is 1. The van der Waals surface area contributed by atoms with Crippen molar-refractivity contribution in [3.63, 3.8) is 0 Å². The molecule has 3 rings (SSSR count). The van der Waals surface area contributed by atoms with E-state index in [2.05, 4.69) is 41.4 Å². The molecule has 0 bridgehead atoms.